The molecule has 0 radical (unpaired) electrons. The van der Waals surface area contributed by atoms with Gasteiger partial charge < -0.3 is 4.74 Å². The van der Waals surface area contributed by atoms with E-state index in [-0.39, 0.29) is 5.60 Å². The number of hydrogen-bond donors (Lipinski definition) is 0. The van der Waals surface area contributed by atoms with Gasteiger partial charge >= 0.3 is 0 Å². The third kappa shape index (κ3) is 1.68. The second-order valence-electron chi connectivity index (χ2n) is 8.99. The summed E-state index contributed by atoms with van der Waals surface area (Å²) in [7, 11) is 0. The highest BCUT2D eigenvalue weighted by Crippen LogP contribution is 2.70. The van der Waals surface area contributed by atoms with Crippen LogP contribution in [0.1, 0.15) is 78.1 Å². The normalized spacial score (nSPS) is 55.4. The number of ether oxygens (including phenoxy) is 1. The fourth-order valence-electron chi connectivity index (χ4n) is 7.19. The summed E-state index contributed by atoms with van der Waals surface area (Å²) in [5.74, 6) is 2.13. The molecule has 0 aromatic heterocycles. The molecule has 0 heterocycles. The first kappa shape index (κ1) is 14.1. The van der Waals surface area contributed by atoms with Gasteiger partial charge in [0, 0.05) is 11.8 Å². The summed E-state index contributed by atoms with van der Waals surface area (Å²) in [4.78, 5) is 11.3. The van der Waals surface area contributed by atoms with Crippen LogP contribution in [0.15, 0.2) is 0 Å². The van der Waals surface area contributed by atoms with Gasteiger partial charge in [0.2, 0.25) is 0 Å². The summed E-state index contributed by atoms with van der Waals surface area (Å²) in [6.45, 7) is 5.76. The van der Waals surface area contributed by atoms with Gasteiger partial charge in [-0.25, -0.2) is 0 Å². The molecule has 4 saturated carbocycles. The molecule has 0 bridgehead atoms. The average Bonchev–Trinajstić information content (AvgIpc) is 2.43. The Kier molecular flexibility index (Phi) is 3.01. The van der Waals surface area contributed by atoms with Crippen LogP contribution in [0.2, 0.25) is 0 Å². The van der Waals surface area contributed by atoms with Crippen LogP contribution in [0.4, 0.5) is 0 Å². The first-order valence-corrected chi connectivity index (χ1v) is 9.17. The largest absolute Gasteiger partial charge is 0.461 e. The second kappa shape index (κ2) is 4.49. The van der Waals surface area contributed by atoms with Crippen molar-refractivity contribution in [2.45, 2.75) is 83.7 Å². The molecule has 0 saturated heterocycles. The molecule has 4 rings (SSSR count). The molecule has 4 fully saturated rings. The van der Waals surface area contributed by atoms with Gasteiger partial charge in [-0.15, -0.1) is 0 Å². The minimum absolute atomic E-state index is 0.115. The maximum absolute atomic E-state index is 11.3. The highest BCUT2D eigenvalue weighted by molar-refractivity contribution is 5.40. The summed E-state index contributed by atoms with van der Waals surface area (Å²) < 4.78 is 6.01. The first-order chi connectivity index (χ1) is 10.1. The molecule has 0 spiro atoms. The van der Waals surface area contributed by atoms with Gasteiger partial charge in [0.05, 0.1) is 0 Å². The van der Waals surface area contributed by atoms with Gasteiger partial charge in [-0.3, -0.25) is 4.79 Å². The SMILES string of the molecule is CC12CCC1C1(OC=O)CCC3CCCCC3(C)C1CC2. The van der Waals surface area contributed by atoms with Crippen molar-refractivity contribution in [2.75, 3.05) is 0 Å². The Morgan fingerprint density at radius 3 is 2.38 bits per heavy atom. The molecule has 2 heteroatoms. The van der Waals surface area contributed by atoms with Crippen molar-refractivity contribution in [3.63, 3.8) is 0 Å². The minimum Gasteiger partial charge on any atom is -0.461 e. The fourth-order valence-corrected chi connectivity index (χ4v) is 7.19. The quantitative estimate of drug-likeness (QED) is 0.688. The van der Waals surface area contributed by atoms with E-state index >= 15 is 0 Å². The van der Waals surface area contributed by atoms with E-state index in [0.717, 1.165) is 18.8 Å². The Bertz CT molecular complexity index is 447. The van der Waals surface area contributed by atoms with Crippen molar-refractivity contribution >= 4 is 6.47 Å². The molecule has 0 amide bonds. The highest BCUT2D eigenvalue weighted by Gasteiger charge is 2.67. The zero-order valence-electron chi connectivity index (χ0n) is 13.7. The van der Waals surface area contributed by atoms with Crippen molar-refractivity contribution in [1.82, 2.24) is 0 Å². The number of carbonyl (C=O) groups is 1. The van der Waals surface area contributed by atoms with Crippen molar-refractivity contribution in [3.8, 4) is 0 Å². The van der Waals surface area contributed by atoms with Gasteiger partial charge in [0.1, 0.15) is 5.60 Å². The molecule has 118 valence electrons. The van der Waals surface area contributed by atoms with Crippen LogP contribution in [0.3, 0.4) is 0 Å². The van der Waals surface area contributed by atoms with Crippen LogP contribution < -0.4 is 0 Å². The van der Waals surface area contributed by atoms with E-state index < -0.39 is 0 Å². The Balaban J connectivity index is 1.74. The van der Waals surface area contributed by atoms with E-state index in [1.165, 1.54) is 57.8 Å². The molecule has 0 aromatic rings. The average molecular weight is 290 g/mol. The van der Waals surface area contributed by atoms with Gasteiger partial charge in [-0.05, 0) is 68.1 Å². The van der Waals surface area contributed by atoms with E-state index in [1.807, 2.05) is 0 Å². The summed E-state index contributed by atoms with van der Waals surface area (Å²) in [5.41, 5.74) is 0.767. The standard InChI is InChI=1S/C19H30O2/c1-17-10-7-15(17)19(21-13-20)12-6-14-5-3-4-9-18(14,2)16(19)8-11-17/h13-16H,3-12H2,1-2H3. The van der Waals surface area contributed by atoms with Gasteiger partial charge in [0.25, 0.3) is 6.47 Å². The molecule has 4 aliphatic rings. The van der Waals surface area contributed by atoms with Crippen LogP contribution >= 0.6 is 0 Å². The smallest absolute Gasteiger partial charge is 0.293 e. The molecule has 0 aromatic carbocycles. The lowest BCUT2D eigenvalue weighted by Gasteiger charge is -2.68. The first-order valence-electron chi connectivity index (χ1n) is 9.17. The van der Waals surface area contributed by atoms with Crippen LogP contribution in [0.5, 0.6) is 0 Å². The molecule has 0 aliphatic heterocycles. The third-order valence-electron chi connectivity index (χ3n) is 8.43. The monoisotopic (exact) mass is 290 g/mol. The molecule has 2 nitrogen and oxygen atoms in total. The Hall–Kier alpha value is -0.530. The Labute approximate surface area is 129 Å². The maximum atomic E-state index is 11.3. The fraction of sp³-hybridized carbons (Fsp3) is 0.947. The van der Waals surface area contributed by atoms with Crippen molar-refractivity contribution in [1.29, 1.82) is 0 Å². The van der Waals surface area contributed by atoms with E-state index in [9.17, 15) is 4.79 Å². The third-order valence-corrected chi connectivity index (χ3v) is 8.43. The molecule has 0 N–H and O–H groups in total. The van der Waals surface area contributed by atoms with E-state index in [0.29, 0.717) is 22.7 Å². The molecular formula is C19H30O2. The number of fused-ring (bicyclic) bond motifs is 5. The Morgan fingerprint density at radius 1 is 0.905 bits per heavy atom. The zero-order chi connectivity index (χ0) is 14.7. The molecule has 6 atom stereocenters. The summed E-state index contributed by atoms with van der Waals surface area (Å²) in [5, 5.41) is 0. The summed E-state index contributed by atoms with van der Waals surface area (Å²) in [6, 6.07) is 0. The van der Waals surface area contributed by atoms with Crippen LogP contribution in [0.25, 0.3) is 0 Å². The van der Waals surface area contributed by atoms with E-state index in [4.69, 9.17) is 4.74 Å². The lowest BCUT2D eigenvalue weighted by molar-refractivity contribution is -0.257. The Morgan fingerprint density at radius 2 is 1.67 bits per heavy atom. The predicted octanol–water partition coefficient (Wildman–Crippen LogP) is 4.71. The van der Waals surface area contributed by atoms with Gasteiger partial charge in [0.15, 0.2) is 0 Å². The lowest BCUT2D eigenvalue weighted by atomic mass is 9.39. The number of carbonyl (C=O) groups excluding carboxylic acids is 1. The molecule has 6 unspecified atom stereocenters. The highest BCUT2D eigenvalue weighted by atomic mass is 16.5. The predicted molar refractivity (Wildman–Crippen MR) is 82.7 cm³/mol. The van der Waals surface area contributed by atoms with Crippen LogP contribution in [-0.4, -0.2) is 12.1 Å². The van der Waals surface area contributed by atoms with E-state index in [2.05, 4.69) is 13.8 Å². The van der Waals surface area contributed by atoms with Crippen LogP contribution in [0, 0.1) is 28.6 Å². The lowest BCUT2D eigenvalue weighted by Crippen LogP contribution is -2.67. The van der Waals surface area contributed by atoms with Gasteiger partial charge in [-0.1, -0.05) is 26.7 Å². The number of rotatable bonds is 2. The summed E-state index contributed by atoms with van der Waals surface area (Å²) in [6.07, 6.45) is 13.2. The van der Waals surface area contributed by atoms with E-state index in [1.54, 1.807) is 0 Å². The van der Waals surface area contributed by atoms with Crippen LogP contribution in [-0.2, 0) is 9.53 Å². The molecule has 4 aliphatic carbocycles. The molecular weight excluding hydrogens is 260 g/mol. The van der Waals surface area contributed by atoms with Gasteiger partial charge in [-0.2, -0.15) is 0 Å². The van der Waals surface area contributed by atoms with Crippen molar-refractivity contribution in [3.05, 3.63) is 0 Å². The molecule has 21 heavy (non-hydrogen) atoms. The van der Waals surface area contributed by atoms with Crippen molar-refractivity contribution < 1.29 is 9.53 Å². The summed E-state index contributed by atoms with van der Waals surface area (Å²) >= 11 is 0. The number of hydrogen-bond acceptors (Lipinski definition) is 2. The van der Waals surface area contributed by atoms with Crippen molar-refractivity contribution in [2.24, 2.45) is 28.6 Å². The zero-order valence-corrected chi connectivity index (χ0v) is 13.7. The topological polar surface area (TPSA) is 26.3 Å². The minimum atomic E-state index is -0.115. The second-order valence-corrected chi connectivity index (χ2v) is 8.99. The maximum Gasteiger partial charge on any atom is 0.293 e.